The van der Waals surface area contributed by atoms with Gasteiger partial charge in [-0.25, -0.2) is 0 Å². The van der Waals surface area contributed by atoms with Gasteiger partial charge >= 0.3 is 11.9 Å². The second-order valence-electron chi connectivity index (χ2n) is 8.93. The van der Waals surface area contributed by atoms with Gasteiger partial charge in [-0.2, -0.15) is 5.06 Å². The molecule has 1 saturated heterocycles. The van der Waals surface area contributed by atoms with Gasteiger partial charge in [-0.3, -0.25) is 14.4 Å². The van der Waals surface area contributed by atoms with Crippen molar-refractivity contribution in [3.63, 3.8) is 0 Å². The van der Waals surface area contributed by atoms with Gasteiger partial charge in [0.1, 0.15) is 12.2 Å². The van der Waals surface area contributed by atoms with Crippen molar-refractivity contribution in [2.24, 2.45) is 5.92 Å². The van der Waals surface area contributed by atoms with Crippen molar-refractivity contribution >= 4 is 11.9 Å². The summed E-state index contributed by atoms with van der Waals surface area (Å²) in [5.74, 6) is -1.41. The number of rotatable bonds is 9. The Labute approximate surface area is 180 Å². The Balaban J connectivity index is 2.26. The summed E-state index contributed by atoms with van der Waals surface area (Å²) in [6.45, 7) is 12.7. The monoisotopic (exact) mass is 419 g/mol. The van der Waals surface area contributed by atoms with Crippen LogP contribution in [0.2, 0.25) is 0 Å². The number of hydrogen-bond acceptors (Lipinski definition) is 5. The van der Waals surface area contributed by atoms with Crippen LogP contribution >= 0.6 is 0 Å². The molecule has 0 spiro atoms. The minimum absolute atomic E-state index is 0.0267. The van der Waals surface area contributed by atoms with E-state index in [0.717, 1.165) is 18.4 Å². The van der Waals surface area contributed by atoms with E-state index in [0.29, 0.717) is 6.42 Å². The van der Waals surface area contributed by atoms with E-state index in [1.165, 1.54) is 0 Å². The molecule has 30 heavy (non-hydrogen) atoms. The number of ether oxygens (including phenoxy) is 1. The summed E-state index contributed by atoms with van der Waals surface area (Å²) in [4.78, 5) is 29.7. The fourth-order valence-corrected chi connectivity index (χ4v) is 4.42. The molecule has 1 aromatic rings. The van der Waals surface area contributed by atoms with Crippen molar-refractivity contribution in [2.75, 3.05) is 0 Å². The third-order valence-electron chi connectivity index (χ3n) is 6.97. The molecular weight excluding hydrogens is 382 g/mol. The average Bonchev–Trinajstić information content (AvgIpc) is 2.74. The lowest BCUT2D eigenvalue weighted by Crippen LogP contribution is -2.68. The highest BCUT2D eigenvalue weighted by Gasteiger charge is 2.55. The molecule has 2 rings (SSSR count). The lowest BCUT2D eigenvalue weighted by atomic mass is 9.69. The maximum Gasteiger partial charge on any atom is 0.306 e. The molecule has 0 radical (unpaired) electrons. The molecular formula is C24H37NO5. The molecule has 0 saturated carbocycles. The molecule has 6 heteroatoms. The molecule has 1 aliphatic rings. The maximum atomic E-state index is 12.3. The predicted octanol–water partition coefficient (Wildman–Crippen LogP) is 5.14. The molecule has 1 fully saturated rings. The van der Waals surface area contributed by atoms with Crippen LogP contribution in [0, 0.1) is 5.92 Å². The van der Waals surface area contributed by atoms with Crippen LogP contribution in [0.1, 0.15) is 85.3 Å². The van der Waals surface area contributed by atoms with Crippen molar-refractivity contribution in [1.29, 1.82) is 0 Å². The number of carboxylic acid groups (broad SMARTS) is 1. The molecule has 5 atom stereocenters. The van der Waals surface area contributed by atoms with E-state index in [1.807, 2.05) is 18.2 Å². The van der Waals surface area contributed by atoms with Crippen molar-refractivity contribution in [3.05, 3.63) is 35.9 Å². The summed E-state index contributed by atoms with van der Waals surface area (Å²) >= 11 is 0. The number of hydroxylamine groups is 2. The number of carboxylic acids is 1. The number of benzene rings is 1. The summed E-state index contributed by atoms with van der Waals surface area (Å²) < 4.78 is 5.80. The maximum absolute atomic E-state index is 12.3. The lowest BCUT2D eigenvalue weighted by Gasteiger charge is -2.59. The van der Waals surface area contributed by atoms with Crippen LogP contribution < -0.4 is 0 Å². The Morgan fingerprint density at radius 1 is 1.17 bits per heavy atom. The number of carbonyl (C=O) groups excluding carboxylic acids is 1. The zero-order valence-electron chi connectivity index (χ0n) is 19.2. The van der Waals surface area contributed by atoms with Crippen LogP contribution in [0.15, 0.2) is 30.3 Å². The first-order valence-electron chi connectivity index (χ1n) is 11.0. The molecule has 1 heterocycles. The first-order valence-corrected chi connectivity index (χ1v) is 11.0. The summed E-state index contributed by atoms with van der Waals surface area (Å²) in [7, 11) is 0. The minimum atomic E-state index is -0.991. The van der Waals surface area contributed by atoms with E-state index >= 15 is 0 Å². The van der Waals surface area contributed by atoms with Crippen LogP contribution in [-0.4, -0.2) is 39.3 Å². The minimum Gasteiger partial charge on any atom is -0.481 e. The fourth-order valence-electron chi connectivity index (χ4n) is 4.42. The largest absolute Gasteiger partial charge is 0.481 e. The highest BCUT2D eigenvalue weighted by molar-refractivity contribution is 5.76. The van der Waals surface area contributed by atoms with Gasteiger partial charge in [-0.15, -0.1) is 0 Å². The molecule has 0 aliphatic carbocycles. The van der Waals surface area contributed by atoms with Crippen LogP contribution in [0.3, 0.4) is 0 Å². The third-order valence-corrected chi connectivity index (χ3v) is 6.97. The van der Waals surface area contributed by atoms with Gasteiger partial charge in [0.25, 0.3) is 0 Å². The molecule has 1 aliphatic heterocycles. The lowest BCUT2D eigenvalue weighted by molar-refractivity contribution is -0.336. The Bertz CT molecular complexity index is 724. The SMILES string of the molecule is CCC1(C)CC(OC(=O)CCC(=O)O)C(C)C(C)(CC)N1OC(C)c1ccccc1. The number of aliphatic carboxylic acids is 1. The van der Waals surface area contributed by atoms with E-state index in [2.05, 4.69) is 58.7 Å². The summed E-state index contributed by atoms with van der Waals surface area (Å²) in [6.07, 6.45) is 1.60. The Morgan fingerprint density at radius 2 is 1.80 bits per heavy atom. The van der Waals surface area contributed by atoms with Crippen molar-refractivity contribution in [1.82, 2.24) is 5.06 Å². The van der Waals surface area contributed by atoms with E-state index in [4.69, 9.17) is 14.7 Å². The van der Waals surface area contributed by atoms with Gasteiger partial charge in [0.2, 0.25) is 0 Å². The number of nitrogens with zero attached hydrogens (tertiary/aromatic N) is 1. The van der Waals surface area contributed by atoms with Crippen LogP contribution in [-0.2, 0) is 19.2 Å². The first-order chi connectivity index (χ1) is 14.1. The smallest absolute Gasteiger partial charge is 0.306 e. The quantitative estimate of drug-likeness (QED) is 0.559. The Kier molecular flexibility index (Phi) is 8.06. The van der Waals surface area contributed by atoms with E-state index in [1.54, 1.807) is 0 Å². The Morgan fingerprint density at radius 3 is 2.33 bits per heavy atom. The second kappa shape index (κ2) is 9.92. The molecule has 5 unspecified atom stereocenters. The van der Waals surface area contributed by atoms with Gasteiger partial charge < -0.3 is 9.84 Å². The Hall–Kier alpha value is -1.92. The molecule has 0 bridgehead atoms. The average molecular weight is 420 g/mol. The third kappa shape index (κ3) is 5.22. The summed E-state index contributed by atoms with van der Waals surface area (Å²) in [5.41, 5.74) is 0.450. The summed E-state index contributed by atoms with van der Waals surface area (Å²) in [5, 5.41) is 11.0. The van der Waals surface area contributed by atoms with Crippen molar-refractivity contribution in [2.45, 2.75) is 96.9 Å². The van der Waals surface area contributed by atoms with E-state index < -0.39 is 11.9 Å². The van der Waals surface area contributed by atoms with Gasteiger partial charge in [0, 0.05) is 23.4 Å². The highest BCUT2D eigenvalue weighted by Crippen LogP contribution is 2.48. The second-order valence-corrected chi connectivity index (χ2v) is 8.93. The fraction of sp³-hybridized carbons (Fsp3) is 0.667. The van der Waals surface area contributed by atoms with Gasteiger partial charge in [-0.05, 0) is 39.2 Å². The first kappa shape index (κ1) is 24.4. The van der Waals surface area contributed by atoms with Gasteiger partial charge in [0.15, 0.2) is 0 Å². The zero-order chi connectivity index (χ0) is 22.5. The normalized spacial score (nSPS) is 30.6. The van der Waals surface area contributed by atoms with Crippen molar-refractivity contribution < 1.29 is 24.3 Å². The molecule has 168 valence electrons. The van der Waals surface area contributed by atoms with Crippen molar-refractivity contribution in [3.8, 4) is 0 Å². The van der Waals surface area contributed by atoms with Crippen LogP contribution in [0.4, 0.5) is 0 Å². The highest BCUT2D eigenvalue weighted by atomic mass is 16.7. The summed E-state index contributed by atoms with van der Waals surface area (Å²) in [6, 6.07) is 10.2. The van der Waals surface area contributed by atoms with Gasteiger partial charge in [0.05, 0.1) is 12.8 Å². The number of hydrogen-bond donors (Lipinski definition) is 1. The number of esters is 1. The van der Waals surface area contributed by atoms with E-state index in [9.17, 15) is 9.59 Å². The molecule has 0 aromatic heterocycles. The topological polar surface area (TPSA) is 76.1 Å². The van der Waals surface area contributed by atoms with Crippen LogP contribution in [0.25, 0.3) is 0 Å². The van der Waals surface area contributed by atoms with Crippen LogP contribution in [0.5, 0.6) is 0 Å². The zero-order valence-corrected chi connectivity index (χ0v) is 19.2. The van der Waals surface area contributed by atoms with E-state index in [-0.39, 0.29) is 42.0 Å². The molecule has 6 nitrogen and oxygen atoms in total. The molecule has 1 N–H and O–H groups in total. The standard InChI is InChI=1S/C24H37NO5/c1-7-23(5)16-20(29-22(28)15-14-21(26)27)17(3)24(6,8-2)25(23)30-18(4)19-12-10-9-11-13-19/h9-13,17-18,20H,7-8,14-16H2,1-6H3,(H,26,27). The predicted molar refractivity (Wildman–Crippen MR) is 116 cm³/mol. The number of carbonyl (C=O) groups is 2. The molecule has 1 aromatic carbocycles. The number of piperidine rings is 1. The van der Waals surface area contributed by atoms with Gasteiger partial charge in [-0.1, -0.05) is 51.1 Å². The molecule has 0 amide bonds.